The molecule has 1 N–H and O–H groups in total. The minimum absolute atomic E-state index is 0.124. The topological polar surface area (TPSA) is 66.5 Å². The maximum Gasteiger partial charge on any atom is 0.251 e. The molecular formula is C25H34N2O3S. The lowest BCUT2D eigenvalue weighted by Gasteiger charge is -2.23. The Labute approximate surface area is 186 Å². The molecule has 0 spiro atoms. The molecule has 1 aliphatic rings. The van der Waals surface area contributed by atoms with Crippen molar-refractivity contribution in [3.05, 3.63) is 65.2 Å². The summed E-state index contributed by atoms with van der Waals surface area (Å²) in [6, 6.07) is 14.8. The first-order valence-corrected chi connectivity index (χ1v) is 12.7. The number of nitrogens with one attached hydrogen (secondary N) is 1. The summed E-state index contributed by atoms with van der Waals surface area (Å²) in [5.41, 5.74) is 2.10. The highest BCUT2D eigenvalue weighted by Gasteiger charge is 2.28. The van der Waals surface area contributed by atoms with Crippen LogP contribution < -0.4 is 5.32 Å². The second-order valence-corrected chi connectivity index (χ2v) is 10.8. The molecule has 5 nitrogen and oxygen atoms in total. The molecule has 31 heavy (non-hydrogen) atoms. The molecule has 1 aliphatic heterocycles. The summed E-state index contributed by atoms with van der Waals surface area (Å²) >= 11 is 0. The maximum absolute atomic E-state index is 13.3. The third-order valence-electron chi connectivity index (χ3n) is 5.85. The number of rotatable bonds is 7. The van der Waals surface area contributed by atoms with E-state index in [9.17, 15) is 13.2 Å². The average molecular weight is 443 g/mol. The van der Waals surface area contributed by atoms with Crippen LogP contribution in [0.1, 0.15) is 73.5 Å². The van der Waals surface area contributed by atoms with Crippen LogP contribution in [0.5, 0.6) is 0 Å². The minimum Gasteiger partial charge on any atom is -0.345 e. The molecule has 1 saturated heterocycles. The van der Waals surface area contributed by atoms with Crippen molar-refractivity contribution in [2.75, 3.05) is 13.1 Å². The zero-order valence-corrected chi connectivity index (χ0v) is 19.6. The average Bonchev–Trinajstić information content (AvgIpc) is 3.04. The molecule has 0 aliphatic carbocycles. The SMILES string of the molecule is Cc1ccc(C(=O)N[C@H](CC(C)C)c2ccccc2)cc1S(=O)(=O)N1CCCCCC1. The van der Waals surface area contributed by atoms with E-state index in [0.717, 1.165) is 37.7 Å². The summed E-state index contributed by atoms with van der Waals surface area (Å²) in [7, 11) is -3.62. The summed E-state index contributed by atoms with van der Waals surface area (Å²) in [5, 5.41) is 3.12. The molecule has 0 bridgehead atoms. The minimum atomic E-state index is -3.62. The molecule has 1 atom stereocenters. The van der Waals surface area contributed by atoms with Crippen LogP contribution in [0.2, 0.25) is 0 Å². The third-order valence-corrected chi connectivity index (χ3v) is 7.89. The van der Waals surface area contributed by atoms with E-state index in [2.05, 4.69) is 19.2 Å². The molecule has 0 radical (unpaired) electrons. The number of nitrogens with zero attached hydrogens (tertiary/aromatic N) is 1. The van der Waals surface area contributed by atoms with Crippen LogP contribution in [-0.2, 0) is 10.0 Å². The zero-order chi connectivity index (χ0) is 22.4. The number of hydrogen-bond acceptors (Lipinski definition) is 3. The quantitative estimate of drug-likeness (QED) is 0.650. The fourth-order valence-corrected chi connectivity index (χ4v) is 5.88. The number of benzene rings is 2. The second kappa shape index (κ2) is 10.4. The van der Waals surface area contributed by atoms with Gasteiger partial charge in [0.15, 0.2) is 0 Å². The Morgan fingerprint density at radius 1 is 1.00 bits per heavy atom. The highest BCUT2D eigenvalue weighted by molar-refractivity contribution is 7.89. The first-order chi connectivity index (χ1) is 14.8. The van der Waals surface area contributed by atoms with Gasteiger partial charge in [0.1, 0.15) is 0 Å². The van der Waals surface area contributed by atoms with Crippen LogP contribution in [0, 0.1) is 12.8 Å². The van der Waals surface area contributed by atoms with Gasteiger partial charge in [0, 0.05) is 18.7 Å². The molecule has 0 aromatic heterocycles. The van der Waals surface area contributed by atoms with Gasteiger partial charge in [-0.1, -0.05) is 63.1 Å². The Kier molecular flexibility index (Phi) is 7.89. The molecule has 1 amide bonds. The van der Waals surface area contributed by atoms with E-state index in [1.54, 1.807) is 29.4 Å². The highest BCUT2D eigenvalue weighted by Crippen LogP contribution is 2.26. The standard InChI is InChI=1S/C25H34N2O3S/c1-19(2)17-23(21-11-7-6-8-12-21)26-25(28)22-14-13-20(3)24(18-22)31(29,30)27-15-9-4-5-10-16-27/h6-8,11-14,18-19,23H,4-5,9-10,15-17H2,1-3H3,(H,26,28)/t23-/m1/s1. The van der Waals surface area contributed by atoms with E-state index >= 15 is 0 Å². The summed E-state index contributed by atoms with van der Waals surface area (Å²) in [4.78, 5) is 13.4. The normalized spacial score (nSPS) is 16.6. The molecule has 2 aromatic rings. The van der Waals surface area contributed by atoms with Crippen molar-refractivity contribution in [3.8, 4) is 0 Å². The summed E-state index contributed by atoms with van der Waals surface area (Å²) in [6.07, 6.45) is 4.69. The van der Waals surface area contributed by atoms with E-state index in [-0.39, 0.29) is 16.8 Å². The van der Waals surface area contributed by atoms with Gasteiger partial charge in [-0.25, -0.2) is 8.42 Å². The van der Waals surface area contributed by atoms with E-state index in [4.69, 9.17) is 0 Å². The van der Waals surface area contributed by atoms with Gasteiger partial charge in [0.2, 0.25) is 10.0 Å². The van der Waals surface area contributed by atoms with Crippen molar-refractivity contribution in [3.63, 3.8) is 0 Å². The predicted molar refractivity (Wildman–Crippen MR) is 125 cm³/mol. The molecule has 0 unspecified atom stereocenters. The molecule has 168 valence electrons. The van der Waals surface area contributed by atoms with E-state index in [0.29, 0.717) is 30.1 Å². The number of carbonyl (C=O) groups excluding carboxylic acids is 1. The first-order valence-electron chi connectivity index (χ1n) is 11.3. The number of carbonyl (C=O) groups is 1. The summed E-state index contributed by atoms with van der Waals surface area (Å²) in [6.45, 7) is 7.13. The van der Waals surface area contributed by atoms with Gasteiger partial charge in [-0.05, 0) is 55.4 Å². The van der Waals surface area contributed by atoms with Gasteiger partial charge < -0.3 is 5.32 Å². The number of aryl methyl sites for hydroxylation is 1. The Hall–Kier alpha value is -2.18. The van der Waals surface area contributed by atoms with Crippen LogP contribution in [0.25, 0.3) is 0 Å². The predicted octanol–water partition coefficient (Wildman–Crippen LogP) is 5.08. The van der Waals surface area contributed by atoms with Crippen molar-refractivity contribution in [1.29, 1.82) is 0 Å². The molecule has 1 heterocycles. The van der Waals surface area contributed by atoms with Crippen molar-refractivity contribution in [2.45, 2.75) is 63.8 Å². The zero-order valence-electron chi connectivity index (χ0n) is 18.8. The van der Waals surface area contributed by atoms with Crippen LogP contribution in [0.4, 0.5) is 0 Å². The van der Waals surface area contributed by atoms with Crippen LogP contribution in [-0.4, -0.2) is 31.7 Å². The maximum atomic E-state index is 13.3. The Balaban J connectivity index is 1.86. The number of amides is 1. The number of hydrogen-bond donors (Lipinski definition) is 1. The second-order valence-electron chi connectivity index (χ2n) is 8.86. The lowest BCUT2D eigenvalue weighted by atomic mass is 9.96. The van der Waals surface area contributed by atoms with Crippen LogP contribution in [0.15, 0.2) is 53.4 Å². The Bertz CT molecular complexity index is 979. The molecule has 1 fully saturated rings. The van der Waals surface area contributed by atoms with E-state index in [1.807, 2.05) is 30.3 Å². The number of sulfonamides is 1. The van der Waals surface area contributed by atoms with Gasteiger partial charge in [0.25, 0.3) is 5.91 Å². The van der Waals surface area contributed by atoms with Gasteiger partial charge in [-0.15, -0.1) is 0 Å². The molecule has 3 rings (SSSR count). The molecular weight excluding hydrogens is 408 g/mol. The largest absolute Gasteiger partial charge is 0.345 e. The monoisotopic (exact) mass is 442 g/mol. The van der Waals surface area contributed by atoms with Gasteiger partial charge in [0.05, 0.1) is 10.9 Å². The molecule has 6 heteroatoms. The fourth-order valence-electron chi connectivity index (χ4n) is 4.12. The van der Waals surface area contributed by atoms with E-state index in [1.165, 1.54) is 0 Å². The lowest BCUT2D eigenvalue weighted by Crippen LogP contribution is -2.33. The Morgan fingerprint density at radius 2 is 1.65 bits per heavy atom. The lowest BCUT2D eigenvalue weighted by molar-refractivity contribution is 0.0931. The Morgan fingerprint density at radius 3 is 2.26 bits per heavy atom. The smallest absolute Gasteiger partial charge is 0.251 e. The fraction of sp³-hybridized carbons (Fsp3) is 0.480. The van der Waals surface area contributed by atoms with Gasteiger partial charge in [-0.3, -0.25) is 4.79 Å². The van der Waals surface area contributed by atoms with Crippen LogP contribution in [0.3, 0.4) is 0 Å². The van der Waals surface area contributed by atoms with E-state index < -0.39 is 10.0 Å². The molecule has 0 saturated carbocycles. The summed E-state index contributed by atoms with van der Waals surface area (Å²) < 4.78 is 28.2. The van der Waals surface area contributed by atoms with Gasteiger partial charge >= 0.3 is 0 Å². The highest BCUT2D eigenvalue weighted by atomic mass is 32.2. The van der Waals surface area contributed by atoms with Crippen LogP contribution >= 0.6 is 0 Å². The summed E-state index contributed by atoms with van der Waals surface area (Å²) in [5.74, 6) is 0.157. The van der Waals surface area contributed by atoms with Crippen molar-refractivity contribution < 1.29 is 13.2 Å². The van der Waals surface area contributed by atoms with Gasteiger partial charge in [-0.2, -0.15) is 4.31 Å². The first kappa shape index (κ1) is 23.5. The van der Waals surface area contributed by atoms with Crippen molar-refractivity contribution in [1.82, 2.24) is 9.62 Å². The van der Waals surface area contributed by atoms with Crippen molar-refractivity contribution >= 4 is 15.9 Å². The van der Waals surface area contributed by atoms with Crippen molar-refractivity contribution in [2.24, 2.45) is 5.92 Å². The third kappa shape index (κ3) is 5.95. The molecule has 2 aromatic carbocycles.